The standard InChI is InChI=1S/C14H25N3O4S/c1-12(14(19)16-7-3-2-4-8-16)15-13(18)11-17-9-5-6-10-22(17,20)21/h12H,2-11H2,1H3,(H,15,18). The third-order valence-corrected chi connectivity index (χ3v) is 6.09. The maximum Gasteiger partial charge on any atom is 0.244 e. The van der Waals surface area contributed by atoms with Gasteiger partial charge in [0.05, 0.1) is 12.3 Å². The van der Waals surface area contributed by atoms with Crippen molar-refractivity contribution in [3.63, 3.8) is 0 Å². The number of carbonyl (C=O) groups is 2. The zero-order chi connectivity index (χ0) is 16.2. The Bertz CT molecular complexity index is 514. The Morgan fingerprint density at radius 3 is 2.32 bits per heavy atom. The van der Waals surface area contributed by atoms with E-state index in [9.17, 15) is 18.0 Å². The van der Waals surface area contributed by atoms with Crippen LogP contribution >= 0.6 is 0 Å². The summed E-state index contributed by atoms with van der Waals surface area (Å²) in [5, 5.41) is 2.63. The fourth-order valence-corrected chi connectivity index (χ4v) is 4.46. The van der Waals surface area contributed by atoms with Gasteiger partial charge in [-0.15, -0.1) is 0 Å². The summed E-state index contributed by atoms with van der Waals surface area (Å²) in [5.41, 5.74) is 0. The number of nitrogens with one attached hydrogen (secondary N) is 1. The molecule has 0 saturated carbocycles. The second kappa shape index (κ2) is 7.41. The van der Waals surface area contributed by atoms with Crippen LogP contribution in [0.5, 0.6) is 0 Å². The Morgan fingerprint density at radius 1 is 1.05 bits per heavy atom. The van der Waals surface area contributed by atoms with E-state index in [0.29, 0.717) is 13.0 Å². The highest BCUT2D eigenvalue weighted by atomic mass is 32.2. The number of hydrogen-bond acceptors (Lipinski definition) is 4. The molecule has 1 unspecified atom stereocenters. The van der Waals surface area contributed by atoms with Crippen LogP contribution in [0.4, 0.5) is 0 Å². The molecule has 0 bridgehead atoms. The SMILES string of the molecule is CC(NC(=O)CN1CCCCS1(=O)=O)C(=O)N1CCCCC1. The van der Waals surface area contributed by atoms with Gasteiger partial charge in [-0.25, -0.2) is 8.42 Å². The van der Waals surface area contributed by atoms with E-state index in [0.717, 1.165) is 38.8 Å². The molecule has 2 fully saturated rings. The Morgan fingerprint density at radius 2 is 1.68 bits per heavy atom. The summed E-state index contributed by atoms with van der Waals surface area (Å²) in [6.07, 6.45) is 4.55. The molecule has 126 valence electrons. The number of nitrogens with zero attached hydrogens (tertiary/aromatic N) is 2. The molecule has 2 aliphatic heterocycles. The zero-order valence-electron chi connectivity index (χ0n) is 13.1. The summed E-state index contributed by atoms with van der Waals surface area (Å²) in [7, 11) is -3.32. The van der Waals surface area contributed by atoms with Gasteiger partial charge in [-0.1, -0.05) is 0 Å². The number of hydrogen-bond donors (Lipinski definition) is 1. The molecule has 0 aliphatic carbocycles. The molecule has 1 atom stereocenters. The molecule has 2 heterocycles. The molecule has 2 amide bonds. The molecule has 22 heavy (non-hydrogen) atoms. The van der Waals surface area contributed by atoms with E-state index in [1.54, 1.807) is 11.8 Å². The number of sulfonamides is 1. The van der Waals surface area contributed by atoms with Gasteiger partial charge in [0.15, 0.2) is 0 Å². The highest BCUT2D eigenvalue weighted by molar-refractivity contribution is 7.89. The van der Waals surface area contributed by atoms with E-state index in [1.165, 1.54) is 4.31 Å². The lowest BCUT2D eigenvalue weighted by Crippen LogP contribution is -2.51. The van der Waals surface area contributed by atoms with Crippen molar-refractivity contribution >= 4 is 21.8 Å². The molecule has 0 aromatic heterocycles. The summed E-state index contributed by atoms with van der Waals surface area (Å²) in [6, 6.07) is -0.613. The molecular formula is C14H25N3O4S. The van der Waals surface area contributed by atoms with Crippen molar-refractivity contribution < 1.29 is 18.0 Å². The second-order valence-electron chi connectivity index (χ2n) is 6.03. The van der Waals surface area contributed by atoms with Gasteiger partial charge in [-0.05, 0) is 39.0 Å². The van der Waals surface area contributed by atoms with Gasteiger partial charge in [-0.2, -0.15) is 4.31 Å². The predicted octanol–water partition coefficient (Wildman–Crippen LogP) is -0.0708. The van der Waals surface area contributed by atoms with Gasteiger partial charge >= 0.3 is 0 Å². The van der Waals surface area contributed by atoms with Crippen LogP contribution in [0.25, 0.3) is 0 Å². The van der Waals surface area contributed by atoms with Crippen molar-refractivity contribution in [1.82, 2.24) is 14.5 Å². The number of carbonyl (C=O) groups excluding carboxylic acids is 2. The van der Waals surface area contributed by atoms with E-state index in [4.69, 9.17) is 0 Å². The van der Waals surface area contributed by atoms with Crippen LogP contribution in [-0.2, 0) is 19.6 Å². The van der Waals surface area contributed by atoms with Crippen LogP contribution in [0.3, 0.4) is 0 Å². The second-order valence-corrected chi connectivity index (χ2v) is 8.12. The van der Waals surface area contributed by atoms with Crippen molar-refractivity contribution in [3.8, 4) is 0 Å². The lowest BCUT2D eigenvalue weighted by Gasteiger charge is -2.30. The fourth-order valence-electron chi connectivity index (χ4n) is 2.92. The van der Waals surface area contributed by atoms with Gasteiger partial charge in [-0.3, -0.25) is 9.59 Å². The summed E-state index contributed by atoms with van der Waals surface area (Å²) in [5.74, 6) is -0.402. The Balaban J connectivity index is 1.84. The molecule has 2 saturated heterocycles. The molecule has 1 N–H and O–H groups in total. The molecule has 7 nitrogen and oxygen atoms in total. The first-order chi connectivity index (χ1) is 10.4. The lowest BCUT2D eigenvalue weighted by atomic mass is 10.1. The maximum atomic E-state index is 12.2. The summed E-state index contributed by atoms with van der Waals surface area (Å²) in [4.78, 5) is 26.0. The molecule has 0 aromatic rings. The van der Waals surface area contributed by atoms with Crippen LogP contribution in [0, 0.1) is 0 Å². The van der Waals surface area contributed by atoms with Gasteiger partial charge in [0.1, 0.15) is 6.04 Å². The van der Waals surface area contributed by atoms with Crippen LogP contribution in [-0.4, -0.2) is 67.4 Å². The smallest absolute Gasteiger partial charge is 0.244 e. The van der Waals surface area contributed by atoms with E-state index in [2.05, 4.69) is 5.32 Å². The first-order valence-electron chi connectivity index (χ1n) is 7.96. The molecule has 8 heteroatoms. The highest BCUT2D eigenvalue weighted by Crippen LogP contribution is 2.13. The van der Waals surface area contributed by atoms with Gasteiger partial charge in [0, 0.05) is 19.6 Å². The third-order valence-electron chi connectivity index (χ3n) is 4.19. The summed E-state index contributed by atoms with van der Waals surface area (Å²) < 4.78 is 24.9. The average Bonchev–Trinajstić information content (AvgIpc) is 2.49. The lowest BCUT2D eigenvalue weighted by molar-refractivity contribution is -0.136. The van der Waals surface area contributed by atoms with Crippen LogP contribution in [0.2, 0.25) is 0 Å². The minimum absolute atomic E-state index is 0.0884. The number of likely N-dealkylation sites (tertiary alicyclic amines) is 1. The number of rotatable bonds is 4. The largest absolute Gasteiger partial charge is 0.343 e. The third kappa shape index (κ3) is 4.42. The van der Waals surface area contributed by atoms with Crippen molar-refractivity contribution in [2.75, 3.05) is 31.9 Å². The normalized spacial score (nSPS) is 23.8. The minimum atomic E-state index is -3.32. The van der Waals surface area contributed by atoms with Crippen LogP contribution < -0.4 is 5.32 Å². The quantitative estimate of drug-likeness (QED) is 0.781. The minimum Gasteiger partial charge on any atom is -0.343 e. The van der Waals surface area contributed by atoms with E-state index in [1.807, 2.05) is 0 Å². The van der Waals surface area contributed by atoms with Gasteiger partial charge < -0.3 is 10.2 Å². The van der Waals surface area contributed by atoms with Crippen molar-refractivity contribution in [3.05, 3.63) is 0 Å². The fraction of sp³-hybridized carbons (Fsp3) is 0.857. The Hall–Kier alpha value is -1.15. The Labute approximate surface area is 132 Å². The predicted molar refractivity (Wildman–Crippen MR) is 82.6 cm³/mol. The number of piperidine rings is 1. The highest BCUT2D eigenvalue weighted by Gasteiger charge is 2.29. The monoisotopic (exact) mass is 331 g/mol. The van der Waals surface area contributed by atoms with Crippen LogP contribution in [0.1, 0.15) is 39.0 Å². The average molecular weight is 331 g/mol. The van der Waals surface area contributed by atoms with Gasteiger partial charge in [0.2, 0.25) is 21.8 Å². The van der Waals surface area contributed by atoms with Crippen molar-refractivity contribution in [2.24, 2.45) is 0 Å². The molecular weight excluding hydrogens is 306 g/mol. The first-order valence-corrected chi connectivity index (χ1v) is 9.57. The number of amides is 2. The van der Waals surface area contributed by atoms with Crippen LogP contribution in [0.15, 0.2) is 0 Å². The maximum absolute atomic E-state index is 12.2. The summed E-state index contributed by atoms with van der Waals surface area (Å²) >= 11 is 0. The van der Waals surface area contributed by atoms with Gasteiger partial charge in [0.25, 0.3) is 0 Å². The summed E-state index contributed by atoms with van der Waals surface area (Å²) in [6.45, 7) is 3.31. The van der Waals surface area contributed by atoms with E-state index in [-0.39, 0.29) is 18.2 Å². The first kappa shape index (κ1) is 17.2. The van der Waals surface area contributed by atoms with E-state index >= 15 is 0 Å². The molecule has 2 aliphatic rings. The zero-order valence-corrected chi connectivity index (χ0v) is 13.9. The Kier molecular flexibility index (Phi) is 5.80. The van der Waals surface area contributed by atoms with Crippen molar-refractivity contribution in [2.45, 2.75) is 45.1 Å². The molecule has 0 radical (unpaired) electrons. The van der Waals surface area contributed by atoms with E-state index < -0.39 is 22.0 Å². The molecule has 2 rings (SSSR count). The molecule has 0 spiro atoms. The topological polar surface area (TPSA) is 86.8 Å². The molecule has 0 aromatic carbocycles. The van der Waals surface area contributed by atoms with Crippen molar-refractivity contribution in [1.29, 1.82) is 0 Å².